The van der Waals surface area contributed by atoms with Crippen molar-refractivity contribution in [2.45, 2.75) is 20.3 Å². The fourth-order valence-corrected chi connectivity index (χ4v) is 1.57. The summed E-state index contributed by atoms with van der Waals surface area (Å²) in [6.07, 6.45) is 2.61. The van der Waals surface area contributed by atoms with Crippen molar-refractivity contribution >= 4 is 28.4 Å². The molecule has 0 radical (unpaired) electrons. The van der Waals surface area contributed by atoms with Crippen molar-refractivity contribution < 1.29 is 4.74 Å². The van der Waals surface area contributed by atoms with Crippen LogP contribution < -0.4 is 5.32 Å². The van der Waals surface area contributed by atoms with E-state index in [1.165, 1.54) is 0 Å². The molecule has 0 atom stereocenters. The van der Waals surface area contributed by atoms with E-state index in [4.69, 9.17) is 4.74 Å². The highest BCUT2D eigenvalue weighted by atomic mass is 127. The summed E-state index contributed by atoms with van der Waals surface area (Å²) < 4.78 is 6.32. The van der Waals surface area contributed by atoms with E-state index in [0.29, 0.717) is 6.61 Å². The molecule has 0 bridgehead atoms. The number of ether oxygens (including phenoxy) is 1. The van der Waals surface area contributed by atoms with E-state index in [1.54, 1.807) is 0 Å². The van der Waals surface area contributed by atoms with E-state index in [0.717, 1.165) is 34.8 Å². The molecule has 0 unspecified atom stereocenters. The topological polar surface area (TPSA) is 47.0 Å². The zero-order valence-electron chi connectivity index (χ0n) is 9.09. The molecule has 15 heavy (non-hydrogen) atoms. The third kappa shape index (κ3) is 4.29. The summed E-state index contributed by atoms with van der Waals surface area (Å²) >= 11 is 2.23. The standard InChI is InChI=1S/C10H16IN3O/c1-3-12-10-8(11)7-13-9(14-10)5-6-15-4-2/h7H,3-6H2,1-2H3,(H,12,13,14). The van der Waals surface area contributed by atoms with Gasteiger partial charge in [-0.25, -0.2) is 9.97 Å². The van der Waals surface area contributed by atoms with Crippen LogP contribution in [0.2, 0.25) is 0 Å². The van der Waals surface area contributed by atoms with Crippen molar-refractivity contribution in [2.75, 3.05) is 25.1 Å². The third-order valence-electron chi connectivity index (χ3n) is 1.81. The lowest BCUT2D eigenvalue weighted by Gasteiger charge is -2.07. The molecule has 1 aromatic rings. The van der Waals surface area contributed by atoms with Crippen molar-refractivity contribution in [1.82, 2.24) is 9.97 Å². The summed E-state index contributed by atoms with van der Waals surface area (Å²) in [7, 11) is 0. The zero-order valence-corrected chi connectivity index (χ0v) is 11.2. The van der Waals surface area contributed by atoms with Crippen LogP contribution in [0.3, 0.4) is 0 Å². The Balaban J connectivity index is 2.61. The Morgan fingerprint density at radius 3 is 2.93 bits per heavy atom. The Hall–Kier alpha value is -0.430. The maximum Gasteiger partial charge on any atom is 0.143 e. The zero-order chi connectivity index (χ0) is 11.1. The van der Waals surface area contributed by atoms with Gasteiger partial charge in [0, 0.05) is 25.8 Å². The summed E-state index contributed by atoms with van der Waals surface area (Å²) in [6, 6.07) is 0. The van der Waals surface area contributed by atoms with Crippen molar-refractivity contribution in [3.63, 3.8) is 0 Å². The van der Waals surface area contributed by atoms with Gasteiger partial charge in [0.15, 0.2) is 0 Å². The number of rotatable bonds is 6. The van der Waals surface area contributed by atoms with Crippen LogP contribution in [0.1, 0.15) is 19.7 Å². The first-order valence-corrected chi connectivity index (χ1v) is 6.18. The summed E-state index contributed by atoms with van der Waals surface area (Å²) in [6.45, 7) is 6.34. The van der Waals surface area contributed by atoms with Crippen LogP contribution in [0.15, 0.2) is 6.20 Å². The normalized spacial score (nSPS) is 10.3. The number of aromatic nitrogens is 2. The van der Waals surface area contributed by atoms with E-state index in [-0.39, 0.29) is 0 Å². The van der Waals surface area contributed by atoms with Crippen LogP contribution >= 0.6 is 22.6 Å². The van der Waals surface area contributed by atoms with Crippen LogP contribution in [0, 0.1) is 3.57 Å². The van der Waals surface area contributed by atoms with E-state index < -0.39 is 0 Å². The smallest absolute Gasteiger partial charge is 0.143 e. The Morgan fingerprint density at radius 2 is 2.27 bits per heavy atom. The molecule has 0 aromatic carbocycles. The molecule has 0 aliphatic rings. The minimum Gasteiger partial charge on any atom is -0.381 e. The van der Waals surface area contributed by atoms with Gasteiger partial charge in [-0.15, -0.1) is 0 Å². The molecule has 0 aliphatic carbocycles. The molecule has 5 heteroatoms. The quantitative estimate of drug-likeness (QED) is 0.644. The molecule has 0 aliphatic heterocycles. The molecule has 1 N–H and O–H groups in total. The lowest BCUT2D eigenvalue weighted by molar-refractivity contribution is 0.149. The molecule has 1 rings (SSSR count). The van der Waals surface area contributed by atoms with Crippen molar-refractivity contribution in [2.24, 2.45) is 0 Å². The second kappa shape index (κ2) is 6.95. The second-order valence-electron chi connectivity index (χ2n) is 2.96. The van der Waals surface area contributed by atoms with Gasteiger partial charge in [-0.1, -0.05) is 0 Å². The highest BCUT2D eigenvalue weighted by Gasteiger charge is 2.03. The highest BCUT2D eigenvalue weighted by Crippen LogP contribution is 2.13. The number of anilines is 1. The average molecular weight is 321 g/mol. The Labute approximate surface area is 104 Å². The van der Waals surface area contributed by atoms with E-state index in [9.17, 15) is 0 Å². The summed E-state index contributed by atoms with van der Waals surface area (Å²) in [5, 5.41) is 3.21. The SMILES string of the molecule is CCNc1nc(CCOCC)ncc1I. The molecular formula is C10H16IN3O. The Kier molecular flexibility index (Phi) is 5.85. The van der Waals surface area contributed by atoms with Crippen LogP contribution in [0.25, 0.3) is 0 Å². The third-order valence-corrected chi connectivity index (χ3v) is 2.60. The van der Waals surface area contributed by atoms with E-state index >= 15 is 0 Å². The van der Waals surface area contributed by atoms with Crippen LogP contribution in [-0.2, 0) is 11.2 Å². The van der Waals surface area contributed by atoms with Gasteiger partial charge in [-0.2, -0.15) is 0 Å². The van der Waals surface area contributed by atoms with Crippen LogP contribution in [0.5, 0.6) is 0 Å². The van der Waals surface area contributed by atoms with Crippen molar-refractivity contribution in [3.8, 4) is 0 Å². The molecule has 0 saturated carbocycles. The average Bonchev–Trinajstić information content (AvgIpc) is 2.23. The van der Waals surface area contributed by atoms with Crippen molar-refractivity contribution in [1.29, 1.82) is 0 Å². The minimum atomic E-state index is 0.683. The number of hydrogen-bond acceptors (Lipinski definition) is 4. The Bertz CT molecular complexity index is 307. The molecule has 1 heterocycles. The fourth-order valence-electron chi connectivity index (χ4n) is 1.12. The van der Waals surface area contributed by atoms with Gasteiger partial charge in [-0.3, -0.25) is 0 Å². The monoisotopic (exact) mass is 321 g/mol. The van der Waals surface area contributed by atoms with Crippen LogP contribution in [0.4, 0.5) is 5.82 Å². The summed E-state index contributed by atoms with van der Waals surface area (Å²) in [5.41, 5.74) is 0. The molecule has 0 fully saturated rings. The van der Waals surface area contributed by atoms with E-state index in [2.05, 4.69) is 44.8 Å². The van der Waals surface area contributed by atoms with Crippen LogP contribution in [-0.4, -0.2) is 29.7 Å². The minimum absolute atomic E-state index is 0.683. The maximum absolute atomic E-state index is 5.27. The van der Waals surface area contributed by atoms with E-state index in [1.807, 2.05) is 13.1 Å². The number of halogens is 1. The highest BCUT2D eigenvalue weighted by molar-refractivity contribution is 14.1. The van der Waals surface area contributed by atoms with Crippen molar-refractivity contribution in [3.05, 3.63) is 15.6 Å². The first kappa shape index (κ1) is 12.6. The van der Waals surface area contributed by atoms with Gasteiger partial charge in [0.2, 0.25) is 0 Å². The number of nitrogens with zero attached hydrogens (tertiary/aromatic N) is 2. The molecule has 0 saturated heterocycles. The predicted molar refractivity (Wildman–Crippen MR) is 69.1 cm³/mol. The van der Waals surface area contributed by atoms with Gasteiger partial charge in [-0.05, 0) is 36.4 Å². The molecule has 4 nitrogen and oxygen atoms in total. The molecule has 0 amide bonds. The lowest BCUT2D eigenvalue weighted by Crippen LogP contribution is -2.07. The largest absolute Gasteiger partial charge is 0.381 e. The predicted octanol–water partition coefficient (Wildman–Crippen LogP) is 2.09. The summed E-state index contributed by atoms with van der Waals surface area (Å²) in [4.78, 5) is 8.68. The molecule has 0 spiro atoms. The van der Waals surface area contributed by atoms with Gasteiger partial charge >= 0.3 is 0 Å². The molecule has 84 valence electrons. The lowest BCUT2D eigenvalue weighted by atomic mass is 10.4. The van der Waals surface area contributed by atoms with Gasteiger partial charge < -0.3 is 10.1 Å². The first-order valence-electron chi connectivity index (χ1n) is 5.11. The second-order valence-corrected chi connectivity index (χ2v) is 4.12. The number of nitrogens with one attached hydrogen (secondary N) is 1. The number of hydrogen-bond donors (Lipinski definition) is 1. The fraction of sp³-hybridized carbons (Fsp3) is 0.600. The van der Waals surface area contributed by atoms with Gasteiger partial charge in [0.25, 0.3) is 0 Å². The van der Waals surface area contributed by atoms with Gasteiger partial charge in [0.1, 0.15) is 11.6 Å². The summed E-state index contributed by atoms with van der Waals surface area (Å²) in [5.74, 6) is 1.75. The molecule has 1 aromatic heterocycles. The maximum atomic E-state index is 5.27. The van der Waals surface area contributed by atoms with Gasteiger partial charge in [0.05, 0.1) is 10.2 Å². The molecular weight excluding hydrogens is 305 g/mol. The Morgan fingerprint density at radius 1 is 1.47 bits per heavy atom. The first-order chi connectivity index (χ1) is 7.27.